The fraction of sp³-hybridized carbons (Fsp3) is 0.583. The van der Waals surface area contributed by atoms with Gasteiger partial charge in [0.15, 0.2) is 5.82 Å². The standard InChI is InChI=1S/C12H16N4OS/c1-8-14-7-10(18-8)12-15-11(16-17-12)5-9-3-2-4-13-6-9/h7,9,13H,2-6H2,1H3. The zero-order chi connectivity index (χ0) is 12.4. The third-order valence-electron chi connectivity index (χ3n) is 3.17. The van der Waals surface area contributed by atoms with E-state index in [2.05, 4.69) is 20.4 Å². The molecule has 1 aliphatic rings. The Kier molecular flexibility index (Phi) is 3.38. The van der Waals surface area contributed by atoms with Gasteiger partial charge in [0.05, 0.1) is 11.2 Å². The molecule has 0 aliphatic carbocycles. The third kappa shape index (κ3) is 2.59. The smallest absolute Gasteiger partial charge is 0.269 e. The molecule has 0 bridgehead atoms. The van der Waals surface area contributed by atoms with Crippen LogP contribution in [0.15, 0.2) is 10.7 Å². The molecular weight excluding hydrogens is 248 g/mol. The monoisotopic (exact) mass is 264 g/mol. The van der Waals surface area contributed by atoms with Crippen LogP contribution in [0.5, 0.6) is 0 Å². The minimum Gasteiger partial charge on any atom is -0.333 e. The summed E-state index contributed by atoms with van der Waals surface area (Å²) in [6.07, 6.45) is 5.17. The molecule has 0 aromatic carbocycles. The van der Waals surface area contributed by atoms with E-state index in [4.69, 9.17) is 4.52 Å². The van der Waals surface area contributed by atoms with Gasteiger partial charge in [-0.25, -0.2) is 4.98 Å². The normalized spacial score (nSPS) is 20.2. The van der Waals surface area contributed by atoms with Gasteiger partial charge >= 0.3 is 0 Å². The van der Waals surface area contributed by atoms with Gasteiger partial charge in [0, 0.05) is 6.42 Å². The zero-order valence-corrected chi connectivity index (χ0v) is 11.2. The van der Waals surface area contributed by atoms with Crippen molar-refractivity contribution in [1.82, 2.24) is 20.4 Å². The van der Waals surface area contributed by atoms with Gasteiger partial charge in [0.2, 0.25) is 0 Å². The van der Waals surface area contributed by atoms with Crippen LogP contribution in [0.3, 0.4) is 0 Å². The lowest BCUT2D eigenvalue weighted by atomic mass is 9.96. The maximum Gasteiger partial charge on any atom is 0.269 e. The van der Waals surface area contributed by atoms with Crippen molar-refractivity contribution in [2.24, 2.45) is 5.92 Å². The summed E-state index contributed by atoms with van der Waals surface area (Å²) >= 11 is 1.58. The van der Waals surface area contributed by atoms with E-state index in [0.717, 1.165) is 35.2 Å². The molecule has 1 aliphatic heterocycles. The first-order valence-electron chi connectivity index (χ1n) is 6.27. The third-order valence-corrected chi connectivity index (χ3v) is 4.07. The minimum atomic E-state index is 0.597. The van der Waals surface area contributed by atoms with Crippen molar-refractivity contribution >= 4 is 11.3 Å². The Bertz CT molecular complexity index is 516. The summed E-state index contributed by atoms with van der Waals surface area (Å²) in [4.78, 5) is 9.60. The minimum absolute atomic E-state index is 0.597. The quantitative estimate of drug-likeness (QED) is 0.919. The maximum absolute atomic E-state index is 5.29. The number of aromatic nitrogens is 3. The van der Waals surface area contributed by atoms with Crippen molar-refractivity contribution in [3.05, 3.63) is 17.0 Å². The fourth-order valence-corrected chi connectivity index (χ4v) is 2.95. The fourth-order valence-electron chi connectivity index (χ4n) is 2.25. The molecule has 18 heavy (non-hydrogen) atoms. The van der Waals surface area contributed by atoms with Crippen LogP contribution in [0.1, 0.15) is 23.7 Å². The Morgan fingerprint density at radius 2 is 2.50 bits per heavy atom. The molecule has 3 rings (SSSR count). The Balaban J connectivity index is 1.69. The summed E-state index contributed by atoms with van der Waals surface area (Å²) in [6.45, 7) is 4.16. The van der Waals surface area contributed by atoms with Crippen molar-refractivity contribution < 1.29 is 4.52 Å². The van der Waals surface area contributed by atoms with Gasteiger partial charge in [0.25, 0.3) is 5.89 Å². The van der Waals surface area contributed by atoms with Gasteiger partial charge in [-0.1, -0.05) is 5.16 Å². The molecule has 1 N–H and O–H groups in total. The first-order chi connectivity index (χ1) is 8.81. The second-order valence-electron chi connectivity index (χ2n) is 4.68. The van der Waals surface area contributed by atoms with Gasteiger partial charge in [-0.3, -0.25) is 0 Å². The summed E-state index contributed by atoms with van der Waals surface area (Å²) in [5, 5.41) is 8.48. The molecule has 1 atom stereocenters. The summed E-state index contributed by atoms with van der Waals surface area (Å²) in [5.41, 5.74) is 0. The Morgan fingerprint density at radius 3 is 3.22 bits per heavy atom. The second-order valence-corrected chi connectivity index (χ2v) is 5.91. The van der Waals surface area contributed by atoms with Crippen LogP contribution >= 0.6 is 11.3 Å². The summed E-state index contributed by atoms with van der Waals surface area (Å²) in [6, 6.07) is 0. The number of nitrogens with one attached hydrogen (secondary N) is 1. The largest absolute Gasteiger partial charge is 0.333 e. The molecule has 1 fully saturated rings. The first kappa shape index (κ1) is 11.8. The Morgan fingerprint density at radius 1 is 1.56 bits per heavy atom. The topological polar surface area (TPSA) is 63.8 Å². The molecule has 1 saturated heterocycles. The van der Waals surface area contributed by atoms with Crippen LogP contribution in [-0.2, 0) is 6.42 Å². The summed E-state index contributed by atoms with van der Waals surface area (Å²) < 4.78 is 5.29. The lowest BCUT2D eigenvalue weighted by Crippen LogP contribution is -2.31. The van der Waals surface area contributed by atoms with Crippen molar-refractivity contribution in [3.63, 3.8) is 0 Å². The average molecular weight is 264 g/mol. The van der Waals surface area contributed by atoms with Crippen molar-refractivity contribution in [3.8, 4) is 10.8 Å². The summed E-state index contributed by atoms with van der Waals surface area (Å²) in [5.74, 6) is 2.04. The lowest BCUT2D eigenvalue weighted by molar-refractivity contribution is 0.360. The van der Waals surface area contributed by atoms with E-state index in [1.165, 1.54) is 12.8 Å². The Hall–Kier alpha value is -1.27. The molecule has 96 valence electrons. The molecule has 0 saturated carbocycles. The molecule has 2 aromatic rings. The molecular formula is C12H16N4OS. The zero-order valence-electron chi connectivity index (χ0n) is 10.3. The van der Waals surface area contributed by atoms with Gasteiger partial charge in [-0.15, -0.1) is 11.3 Å². The highest BCUT2D eigenvalue weighted by atomic mass is 32.1. The SMILES string of the molecule is Cc1ncc(-c2nc(CC3CCCNC3)no2)s1. The molecule has 0 radical (unpaired) electrons. The first-order valence-corrected chi connectivity index (χ1v) is 7.09. The van der Waals surface area contributed by atoms with Gasteiger partial charge in [0.1, 0.15) is 4.88 Å². The molecule has 0 amide bonds. The van der Waals surface area contributed by atoms with Crippen LogP contribution in [0, 0.1) is 12.8 Å². The predicted molar refractivity (Wildman–Crippen MR) is 69.4 cm³/mol. The van der Waals surface area contributed by atoms with Crippen molar-refractivity contribution in [1.29, 1.82) is 0 Å². The number of hydrogen-bond donors (Lipinski definition) is 1. The molecule has 0 spiro atoms. The molecule has 6 heteroatoms. The lowest BCUT2D eigenvalue weighted by Gasteiger charge is -2.20. The van der Waals surface area contributed by atoms with Crippen LogP contribution in [0.4, 0.5) is 0 Å². The van der Waals surface area contributed by atoms with Crippen LogP contribution in [0.2, 0.25) is 0 Å². The number of nitrogens with zero attached hydrogens (tertiary/aromatic N) is 3. The van der Waals surface area contributed by atoms with E-state index in [-0.39, 0.29) is 0 Å². The van der Waals surface area contributed by atoms with Crippen molar-refractivity contribution in [2.45, 2.75) is 26.2 Å². The highest BCUT2D eigenvalue weighted by molar-refractivity contribution is 7.14. The Labute approximate surface area is 110 Å². The van der Waals surface area contributed by atoms with Crippen LogP contribution < -0.4 is 5.32 Å². The number of piperidine rings is 1. The molecule has 5 nitrogen and oxygen atoms in total. The number of aryl methyl sites for hydroxylation is 1. The highest BCUT2D eigenvalue weighted by Crippen LogP contribution is 2.24. The number of hydrogen-bond acceptors (Lipinski definition) is 6. The van der Waals surface area contributed by atoms with Crippen LogP contribution in [-0.4, -0.2) is 28.2 Å². The van der Waals surface area contributed by atoms with E-state index in [1.54, 1.807) is 17.5 Å². The van der Waals surface area contributed by atoms with Gasteiger partial charge < -0.3 is 9.84 Å². The van der Waals surface area contributed by atoms with E-state index in [1.807, 2.05) is 6.92 Å². The van der Waals surface area contributed by atoms with E-state index in [9.17, 15) is 0 Å². The van der Waals surface area contributed by atoms with E-state index in [0.29, 0.717) is 11.8 Å². The van der Waals surface area contributed by atoms with Gasteiger partial charge in [-0.2, -0.15) is 4.98 Å². The average Bonchev–Trinajstić information content (AvgIpc) is 2.99. The number of rotatable bonds is 3. The predicted octanol–water partition coefficient (Wildman–Crippen LogP) is 2.04. The molecule has 1 unspecified atom stereocenters. The van der Waals surface area contributed by atoms with Crippen molar-refractivity contribution in [2.75, 3.05) is 13.1 Å². The van der Waals surface area contributed by atoms with Crippen LogP contribution in [0.25, 0.3) is 10.8 Å². The molecule has 3 heterocycles. The number of thiazole rings is 1. The van der Waals surface area contributed by atoms with E-state index < -0.39 is 0 Å². The molecule has 2 aromatic heterocycles. The summed E-state index contributed by atoms with van der Waals surface area (Å²) in [7, 11) is 0. The highest BCUT2D eigenvalue weighted by Gasteiger charge is 2.18. The maximum atomic E-state index is 5.29. The van der Waals surface area contributed by atoms with E-state index >= 15 is 0 Å². The second kappa shape index (κ2) is 5.16. The van der Waals surface area contributed by atoms with Gasteiger partial charge in [-0.05, 0) is 38.8 Å².